The van der Waals surface area contributed by atoms with Crippen molar-refractivity contribution in [1.29, 1.82) is 0 Å². The molecule has 0 aliphatic rings. The summed E-state index contributed by atoms with van der Waals surface area (Å²) in [5.41, 5.74) is 6.02. The Labute approximate surface area is 173 Å². The van der Waals surface area contributed by atoms with Crippen LogP contribution in [0.5, 0.6) is 0 Å². The van der Waals surface area contributed by atoms with Crippen molar-refractivity contribution in [2.75, 3.05) is 5.32 Å². The number of nitrogens with one attached hydrogen (secondary N) is 1. The largest absolute Gasteiger partial charge is 0.339 e. The Balaban J connectivity index is 2.09. The van der Waals surface area contributed by atoms with Gasteiger partial charge in [0, 0.05) is 11.4 Å². The zero-order chi connectivity index (χ0) is 21.3. The normalized spacial score (nSPS) is 11.7. The van der Waals surface area contributed by atoms with Crippen LogP contribution >= 0.6 is 0 Å². The molecule has 29 heavy (non-hydrogen) atoms. The topological polar surface area (TPSA) is 59.1 Å². The lowest BCUT2D eigenvalue weighted by atomic mass is 10.0. The maximum Gasteiger partial charge on any atom is 0.210 e. The SMILES string of the molecule is Cc1cc(C)c(Nc2nc(C)ccc2S(=O)(=O)c2ccc(C(C)C)cc2)c(C)c1. The second-order valence-corrected chi connectivity index (χ2v) is 9.84. The van der Waals surface area contributed by atoms with Gasteiger partial charge in [0.25, 0.3) is 0 Å². The van der Waals surface area contributed by atoms with Crippen LogP contribution in [0.2, 0.25) is 0 Å². The number of hydrogen-bond donors (Lipinski definition) is 1. The van der Waals surface area contributed by atoms with Gasteiger partial charge in [0.2, 0.25) is 9.84 Å². The first-order valence-electron chi connectivity index (χ1n) is 9.77. The molecule has 3 aromatic rings. The molecular formula is C24H28N2O2S. The van der Waals surface area contributed by atoms with Crippen molar-refractivity contribution in [3.05, 3.63) is 76.5 Å². The molecule has 0 aliphatic carbocycles. The first-order valence-corrected chi connectivity index (χ1v) is 11.3. The zero-order valence-electron chi connectivity index (χ0n) is 17.9. The van der Waals surface area contributed by atoms with Gasteiger partial charge in [-0.15, -0.1) is 0 Å². The number of rotatable bonds is 5. The third-order valence-corrected chi connectivity index (χ3v) is 6.87. The molecular weight excluding hydrogens is 380 g/mol. The molecule has 0 bridgehead atoms. The lowest BCUT2D eigenvalue weighted by molar-refractivity contribution is 0.596. The van der Waals surface area contributed by atoms with Crippen molar-refractivity contribution in [3.63, 3.8) is 0 Å². The monoisotopic (exact) mass is 408 g/mol. The average molecular weight is 409 g/mol. The van der Waals surface area contributed by atoms with Gasteiger partial charge in [0.05, 0.1) is 4.90 Å². The summed E-state index contributed by atoms with van der Waals surface area (Å²) in [6.45, 7) is 12.1. The Hall–Kier alpha value is -2.66. The van der Waals surface area contributed by atoms with Crippen molar-refractivity contribution in [2.45, 2.75) is 57.3 Å². The maximum absolute atomic E-state index is 13.4. The summed E-state index contributed by atoms with van der Waals surface area (Å²) in [5.74, 6) is 0.700. The highest BCUT2D eigenvalue weighted by molar-refractivity contribution is 7.91. The highest BCUT2D eigenvalue weighted by atomic mass is 32.2. The molecule has 0 atom stereocenters. The van der Waals surface area contributed by atoms with Crippen LogP contribution in [0.3, 0.4) is 0 Å². The third kappa shape index (κ3) is 4.35. The van der Waals surface area contributed by atoms with E-state index in [1.54, 1.807) is 24.3 Å². The number of benzene rings is 2. The van der Waals surface area contributed by atoms with E-state index in [-0.39, 0.29) is 9.79 Å². The summed E-state index contributed by atoms with van der Waals surface area (Å²) in [6.07, 6.45) is 0. The van der Waals surface area contributed by atoms with Crippen molar-refractivity contribution < 1.29 is 8.42 Å². The van der Waals surface area contributed by atoms with Gasteiger partial charge in [-0.3, -0.25) is 0 Å². The Morgan fingerprint density at radius 3 is 2.00 bits per heavy atom. The number of aryl methyl sites for hydroxylation is 4. The molecule has 0 saturated heterocycles. The minimum Gasteiger partial charge on any atom is -0.339 e. The van der Waals surface area contributed by atoms with Crippen LogP contribution in [-0.4, -0.2) is 13.4 Å². The minimum absolute atomic E-state index is 0.180. The first kappa shape index (κ1) is 21.1. The Morgan fingerprint density at radius 2 is 1.45 bits per heavy atom. The molecule has 0 radical (unpaired) electrons. The highest BCUT2D eigenvalue weighted by Crippen LogP contribution is 2.32. The van der Waals surface area contributed by atoms with Crippen LogP contribution in [0.4, 0.5) is 11.5 Å². The van der Waals surface area contributed by atoms with Gasteiger partial charge < -0.3 is 5.32 Å². The molecule has 0 saturated carbocycles. The molecule has 0 fully saturated rings. The van der Waals surface area contributed by atoms with E-state index in [1.807, 2.05) is 39.8 Å². The minimum atomic E-state index is -3.71. The van der Waals surface area contributed by atoms with Gasteiger partial charge >= 0.3 is 0 Å². The van der Waals surface area contributed by atoms with E-state index in [2.05, 4.69) is 36.3 Å². The lowest BCUT2D eigenvalue weighted by Crippen LogP contribution is -2.09. The lowest BCUT2D eigenvalue weighted by Gasteiger charge is -2.17. The van der Waals surface area contributed by atoms with Crippen LogP contribution < -0.4 is 5.32 Å². The van der Waals surface area contributed by atoms with Crippen molar-refractivity contribution in [1.82, 2.24) is 4.98 Å². The smallest absolute Gasteiger partial charge is 0.210 e. The summed E-state index contributed by atoms with van der Waals surface area (Å²) in [4.78, 5) is 4.97. The van der Waals surface area contributed by atoms with Gasteiger partial charge in [-0.25, -0.2) is 13.4 Å². The fourth-order valence-electron chi connectivity index (χ4n) is 3.50. The molecule has 1 aromatic heterocycles. The molecule has 3 rings (SSSR count). The van der Waals surface area contributed by atoms with Crippen LogP contribution in [0.25, 0.3) is 0 Å². The van der Waals surface area contributed by atoms with E-state index < -0.39 is 9.84 Å². The van der Waals surface area contributed by atoms with Gasteiger partial charge in [-0.05, 0) is 74.6 Å². The van der Waals surface area contributed by atoms with Crippen LogP contribution in [0.1, 0.15) is 47.7 Å². The van der Waals surface area contributed by atoms with Crippen molar-refractivity contribution >= 4 is 21.3 Å². The van der Waals surface area contributed by atoms with E-state index in [4.69, 9.17) is 0 Å². The van der Waals surface area contributed by atoms with Crippen LogP contribution in [0, 0.1) is 27.7 Å². The molecule has 2 aromatic carbocycles. The molecule has 0 unspecified atom stereocenters. The van der Waals surface area contributed by atoms with E-state index in [0.29, 0.717) is 11.7 Å². The van der Waals surface area contributed by atoms with Gasteiger partial charge in [-0.1, -0.05) is 43.7 Å². The van der Waals surface area contributed by atoms with E-state index in [0.717, 1.165) is 28.1 Å². The zero-order valence-corrected chi connectivity index (χ0v) is 18.7. The molecule has 1 N–H and O–H groups in total. The molecule has 0 aliphatic heterocycles. The van der Waals surface area contributed by atoms with Gasteiger partial charge in [0.15, 0.2) is 0 Å². The average Bonchev–Trinajstić information content (AvgIpc) is 2.64. The maximum atomic E-state index is 13.4. The van der Waals surface area contributed by atoms with Crippen LogP contribution in [0.15, 0.2) is 58.3 Å². The number of pyridine rings is 1. The Bertz CT molecular complexity index is 1120. The van der Waals surface area contributed by atoms with Gasteiger partial charge in [-0.2, -0.15) is 0 Å². The molecule has 0 amide bonds. The summed E-state index contributed by atoms with van der Waals surface area (Å²) in [7, 11) is -3.71. The number of anilines is 2. The third-order valence-electron chi connectivity index (χ3n) is 5.06. The number of nitrogens with zero attached hydrogens (tertiary/aromatic N) is 1. The van der Waals surface area contributed by atoms with Crippen LogP contribution in [-0.2, 0) is 9.84 Å². The highest BCUT2D eigenvalue weighted by Gasteiger charge is 2.23. The Kier molecular flexibility index (Phi) is 5.80. The van der Waals surface area contributed by atoms with E-state index >= 15 is 0 Å². The number of hydrogen-bond acceptors (Lipinski definition) is 4. The predicted octanol–water partition coefficient (Wildman–Crippen LogP) is 6.02. The quantitative estimate of drug-likeness (QED) is 0.561. The Morgan fingerprint density at radius 1 is 0.862 bits per heavy atom. The van der Waals surface area contributed by atoms with Crippen molar-refractivity contribution in [2.24, 2.45) is 0 Å². The summed E-state index contributed by atoms with van der Waals surface area (Å²) in [5, 5.41) is 3.29. The molecule has 152 valence electrons. The number of aromatic nitrogens is 1. The summed E-state index contributed by atoms with van der Waals surface area (Å²) >= 11 is 0. The molecule has 4 nitrogen and oxygen atoms in total. The summed E-state index contributed by atoms with van der Waals surface area (Å²) in [6, 6.07) is 14.6. The first-order chi connectivity index (χ1) is 13.6. The molecule has 0 spiro atoms. The fourth-order valence-corrected chi connectivity index (χ4v) is 4.85. The summed E-state index contributed by atoms with van der Waals surface area (Å²) < 4.78 is 26.8. The standard InChI is InChI=1S/C24H28N2O2S/c1-15(2)20-8-10-21(11-9-20)29(27,28)22-12-7-19(6)25-24(22)26-23-17(4)13-16(3)14-18(23)5/h7-15H,1-6H3,(H,25,26). The second-order valence-electron chi connectivity index (χ2n) is 7.93. The molecule has 5 heteroatoms. The van der Waals surface area contributed by atoms with E-state index in [9.17, 15) is 8.42 Å². The van der Waals surface area contributed by atoms with Gasteiger partial charge in [0.1, 0.15) is 10.7 Å². The predicted molar refractivity (Wildman–Crippen MR) is 119 cm³/mol. The number of sulfone groups is 1. The fraction of sp³-hybridized carbons (Fsp3) is 0.292. The second kappa shape index (κ2) is 7.99. The van der Waals surface area contributed by atoms with Crippen molar-refractivity contribution in [3.8, 4) is 0 Å². The van der Waals surface area contributed by atoms with E-state index in [1.165, 1.54) is 5.56 Å². The molecule has 1 heterocycles.